The first-order valence-corrected chi connectivity index (χ1v) is 11.0. The van der Waals surface area contributed by atoms with E-state index >= 15 is 0 Å². The van der Waals surface area contributed by atoms with E-state index in [9.17, 15) is 18.5 Å². The molecule has 0 aliphatic carbocycles. The number of sulfonamides is 1. The Morgan fingerprint density at radius 1 is 1.00 bits per heavy atom. The molecule has 9 heteroatoms. The number of para-hydroxylation sites is 1. The molecule has 0 saturated heterocycles. The molecule has 7 nitrogen and oxygen atoms in total. The van der Waals surface area contributed by atoms with E-state index in [1.54, 1.807) is 12.1 Å². The molecule has 0 aromatic heterocycles. The monoisotopic (exact) mass is 444 g/mol. The van der Waals surface area contributed by atoms with Crippen molar-refractivity contribution in [2.24, 2.45) is 0 Å². The van der Waals surface area contributed by atoms with E-state index < -0.39 is 21.0 Å². The summed E-state index contributed by atoms with van der Waals surface area (Å²) in [6.07, 6.45) is 0. The highest BCUT2D eigenvalue weighted by Crippen LogP contribution is 2.42. The van der Waals surface area contributed by atoms with Crippen molar-refractivity contribution in [3.05, 3.63) is 99.1 Å². The van der Waals surface area contributed by atoms with Gasteiger partial charge in [-0.1, -0.05) is 54.1 Å². The van der Waals surface area contributed by atoms with Crippen LogP contribution in [0.3, 0.4) is 0 Å². The van der Waals surface area contributed by atoms with Crippen molar-refractivity contribution in [2.45, 2.75) is 16.9 Å². The highest BCUT2D eigenvalue weighted by atomic mass is 35.5. The molecule has 0 bridgehead atoms. The molecule has 0 fully saturated rings. The maximum atomic E-state index is 13.0. The molecule has 1 aliphatic rings. The summed E-state index contributed by atoms with van der Waals surface area (Å²) in [7, 11) is -3.94. The smallest absolute Gasteiger partial charge is 0.269 e. The Bertz CT molecular complexity index is 1180. The summed E-state index contributed by atoms with van der Waals surface area (Å²) in [6.45, 7) is 0.0858. The normalized spacial score (nSPS) is 18.3. The van der Waals surface area contributed by atoms with Gasteiger partial charge in [-0.25, -0.2) is 13.1 Å². The fourth-order valence-electron chi connectivity index (χ4n) is 3.60. The number of rotatable bonds is 5. The van der Waals surface area contributed by atoms with Gasteiger partial charge in [-0.15, -0.1) is 0 Å². The van der Waals surface area contributed by atoms with Crippen LogP contribution < -0.4 is 9.46 Å². The molecular weight excluding hydrogens is 428 g/mol. The lowest BCUT2D eigenvalue weighted by Gasteiger charge is -2.34. The van der Waals surface area contributed by atoms with E-state index in [1.807, 2.05) is 36.4 Å². The number of hydrogen-bond donors (Lipinski definition) is 1. The Hall–Kier alpha value is -2.94. The summed E-state index contributed by atoms with van der Waals surface area (Å²) in [5.41, 5.74) is 1.53. The number of fused-ring (bicyclic) bond motifs is 1. The average Bonchev–Trinajstić information content (AvgIpc) is 2.74. The lowest BCUT2D eigenvalue weighted by atomic mass is 9.84. The zero-order chi connectivity index (χ0) is 21.3. The number of halogens is 1. The second-order valence-electron chi connectivity index (χ2n) is 6.84. The van der Waals surface area contributed by atoms with Crippen LogP contribution in [0.1, 0.15) is 17.0 Å². The number of nitro benzene ring substituents is 1. The van der Waals surface area contributed by atoms with E-state index in [4.69, 9.17) is 16.3 Å². The van der Waals surface area contributed by atoms with Crippen LogP contribution in [0.25, 0.3) is 0 Å². The molecule has 3 aromatic rings. The minimum atomic E-state index is -3.94. The molecule has 0 amide bonds. The lowest BCUT2D eigenvalue weighted by molar-refractivity contribution is -0.384. The Kier molecular flexibility index (Phi) is 5.46. The van der Waals surface area contributed by atoms with Crippen LogP contribution >= 0.6 is 11.6 Å². The standard InChI is InChI=1S/C21H17ClN2O5S/c22-18-8-4-7-17-20(14-5-2-1-3-6-14)19(13-29-21(17)18)23-30(27,28)16-11-9-15(10-12-16)24(25)26/h1-12,19-20,23H,13H2/t19-,20-/m1/s1. The number of nitrogens with one attached hydrogen (secondary N) is 1. The van der Waals surface area contributed by atoms with Gasteiger partial charge in [0.2, 0.25) is 10.0 Å². The quantitative estimate of drug-likeness (QED) is 0.471. The first-order chi connectivity index (χ1) is 14.4. The first-order valence-electron chi connectivity index (χ1n) is 9.10. The zero-order valence-corrected chi connectivity index (χ0v) is 17.1. The predicted octanol–water partition coefficient (Wildman–Crippen LogP) is 4.12. The summed E-state index contributed by atoms with van der Waals surface area (Å²) < 4.78 is 34.5. The molecule has 0 saturated carbocycles. The molecule has 0 radical (unpaired) electrons. The van der Waals surface area contributed by atoms with E-state index in [0.717, 1.165) is 23.3 Å². The molecule has 3 aromatic carbocycles. The van der Waals surface area contributed by atoms with Crippen LogP contribution in [0.4, 0.5) is 5.69 Å². The Morgan fingerprint density at radius 2 is 1.70 bits per heavy atom. The van der Waals surface area contributed by atoms with Gasteiger partial charge in [0.25, 0.3) is 5.69 Å². The maximum absolute atomic E-state index is 13.0. The molecule has 154 valence electrons. The number of ether oxygens (including phenoxy) is 1. The number of non-ortho nitro benzene ring substituents is 1. The molecule has 0 spiro atoms. The molecule has 1 aliphatic heterocycles. The lowest BCUT2D eigenvalue weighted by Crippen LogP contribution is -2.45. The maximum Gasteiger partial charge on any atom is 0.269 e. The molecule has 4 rings (SSSR count). The second kappa shape index (κ2) is 8.06. The highest BCUT2D eigenvalue weighted by molar-refractivity contribution is 7.89. The third-order valence-electron chi connectivity index (χ3n) is 4.97. The zero-order valence-electron chi connectivity index (χ0n) is 15.6. The van der Waals surface area contributed by atoms with Crippen LogP contribution in [0.15, 0.2) is 77.7 Å². The van der Waals surface area contributed by atoms with Crippen molar-refractivity contribution < 1.29 is 18.1 Å². The van der Waals surface area contributed by atoms with Crippen molar-refractivity contribution in [3.8, 4) is 5.75 Å². The van der Waals surface area contributed by atoms with Gasteiger partial charge in [0.05, 0.1) is 20.9 Å². The van der Waals surface area contributed by atoms with E-state index in [2.05, 4.69) is 4.72 Å². The molecule has 1 heterocycles. The SMILES string of the molecule is O=[N+]([O-])c1ccc(S(=O)(=O)N[C@@H]2COc3c(Cl)cccc3[C@H]2c2ccccc2)cc1. The number of hydrogen-bond acceptors (Lipinski definition) is 5. The van der Waals surface area contributed by atoms with Gasteiger partial charge in [0.1, 0.15) is 12.4 Å². The van der Waals surface area contributed by atoms with Crippen LogP contribution in [0.5, 0.6) is 5.75 Å². The Balaban J connectivity index is 1.71. The van der Waals surface area contributed by atoms with Gasteiger partial charge in [-0.05, 0) is 23.8 Å². The largest absolute Gasteiger partial charge is 0.490 e. The van der Waals surface area contributed by atoms with Gasteiger partial charge < -0.3 is 4.74 Å². The van der Waals surface area contributed by atoms with Crippen molar-refractivity contribution in [1.82, 2.24) is 4.72 Å². The first kappa shape index (κ1) is 20.3. The third-order valence-corrected chi connectivity index (χ3v) is 6.77. The van der Waals surface area contributed by atoms with Crippen LogP contribution in [-0.4, -0.2) is 26.0 Å². The van der Waals surface area contributed by atoms with E-state index in [-0.39, 0.29) is 23.1 Å². The summed E-state index contributed by atoms with van der Waals surface area (Å²) in [5.74, 6) is 0.222. The minimum Gasteiger partial charge on any atom is -0.490 e. The van der Waals surface area contributed by atoms with Crippen molar-refractivity contribution in [2.75, 3.05) is 6.61 Å². The number of benzene rings is 3. The second-order valence-corrected chi connectivity index (χ2v) is 8.96. The summed E-state index contributed by atoms with van der Waals surface area (Å²) in [4.78, 5) is 10.2. The number of nitrogens with zero attached hydrogens (tertiary/aromatic N) is 1. The van der Waals surface area contributed by atoms with Crippen molar-refractivity contribution in [3.63, 3.8) is 0 Å². The summed E-state index contributed by atoms with van der Waals surface area (Å²) >= 11 is 6.29. The number of nitro groups is 1. The molecule has 1 N–H and O–H groups in total. The van der Waals surface area contributed by atoms with Gasteiger partial charge >= 0.3 is 0 Å². The van der Waals surface area contributed by atoms with Crippen molar-refractivity contribution in [1.29, 1.82) is 0 Å². The molecule has 2 atom stereocenters. The molecular formula is C21H17ClN2O5S. The average molecular weight is 445 g/mol. The van der Waals surface area contributed by atoms with Gasteiger partial charge in [0.15, 0.2) is 0 Å². The Labute approximate surface area is 178 Å². The topological polar surface area (TPSA) is 98.5 Å². The fraction of sp³-hybridized carbons (Fsp3) is 0.143. The summed E-state index contributed by atoms with van der Waals surface area (Å²) in [5, 5.41) is 11.3. The minimum absolute atomic E-state index is 0.0585. The van der Waals surface area contributed by atoms with Gasteiger partial charge in [-0.2, -0.15) is 0 Å². The third kappa shape index (κ3) is 3.89. The van der Waals surface area contributed by atoms with Gasteiger partial charge in [-0.3, -0.25) is 10.1 Å². The van der Waals surface area contributed by atoms with E-state index in [1.165, 1.54) is 12.1 Å². The van der Waals surface area contributed by atoms with Gasteiger partial charge in [0, 0.05) is 23.6 Å². The van der Waals surface area contributed by atoms with Crippen LogP contribution in [0.2, 0.25) is 5.02 Å². The van der Waals surface area contributed by atoms with Crippen LogP contribution in [-0.2, 0) is 10.0 Å². The fourth-order valence-corrected chi connectivity index (χ4v) is 5.07. The highest BCUT2D eigenvalue weighted by Gasteiger charge is 2.36. The predicted molar refractivity (Wildman–Crippen MR) is 112 cm³/mol. The molecule has 30 heavy (non-hydrogen) atoms. The Morgan fingerprint density at radius 3 is 2.37 bits per heavy atom. The summed E-state index contributed by atoms with van der Waals surface area (Å²) in [6, 6.07) is 19.1. The van der Waals surface area contributed by atoms with E-state index in [0.29, 0.717) is 10.8 Å². The van der Waals surface area contributed by atoms with Crippen LogP contribution in [0, 0.1) is 10.1 Å². The molecule has 0 unspecified atom stereocenters. The van der Waals surface area contributed by atoms with Crippen molar-refractivity contribution >= 4 is 27.3 Å².